The number of aliphatic hydroxyl groups excluding tert-OH is 1. The molecule has 0 aliphatic heterocycles. The molecule has 1 aromatic carbocycles. The minimum absolute atomic E-state index is 0.0313. The second-order valence-corrected chi connectivity index (χ2v) is 5.70. The van der Waals surface area contributed by atoms with E-state index in [4.69, 9.17) is 5.26 Å². The van der Waals surface area contributed by atoms with Crippen molar-refractivity contribution in [3.05, 3.63) is 29.8 Å². The third-order valence-electron chi connectivity index (χ3n) is 2.68. The van der Waals surface area contributed by atoms with Gasteiger partial charge >= 0.3 is 0 Å². The largest absolute Gasteiger partial charge is 0.392 e. The molecule has 4 nitrogen and oxygen atoms in total. The molecule has 1 aromatic rings. The molecular formula is C14H18N2O2S. The molecule has 19 heavy (non-hydrogen) atoms. The van der Waals surface area contributed by atoms with Crippen molar-refractivity contribution in [2.45, 2.75) is 31.6 Å². The van der Waals surface area contributed by atoms with E-state index in [1.54, 1.807) is 19.1 Å². The van der Waals surface area contributed by atoms with Crippen LogP contribution in [0.1, 0.15) is 19.4 Å². The van der Waals surface area contributed by atoms with Crippen molar-refractivity contribution in [3.8, 4) is 6.07 Å². The van der Waals surface area contributed by atoms with Gasteiger partial charge in [0.05, 0.1) is 24.3 Å². The predicted molar refractivity (Wildman–Crippen MR) is 78.0 cm³/mol. The molecule has 1 rings (SSSR count). The summed E-state index contributed by atoms with van der Waals surface area (Å²) >= 11 is 1.42. The fourth-order valence-corrected chi connectivity index (χ4v) is 2.11. The second-order valence-electron chi connectivity index (χ2n) is 4.34. The number of hydrogen-bond donors (Lipinski definition) is 2. The van der Waals surface area contributed by atoms with E-state index in [9.17, 15) is 9.90 Å². The Bertz CT molecular complexity index is 452. The fraction of sp³-hybridized carbons (Fsp3) is 0.429. The zero-order valence-electron chi connectivity index (χ0n) is 11.1. The van der Waals surface area contributed by atoms with E-state index in [0.717, 1.165) is 11.3 Å². The topological polar surface area (TPSA) is 73.1 Å². The summed E-state index contributed by atoms with van der Waals surface area (Å²) in [5.74, 6) is 0.219. The molecule has 0 radical (unpaired) electrons. The Hall–Kier alpha value is -1.51. The van der Waals surface area contributed by atoms with Crippen LogP contribution >= 0.6 is 11.8 Å². The number of amides is 1. The molecule has 1 amide bonds. The zero-order valence-corrected chi connectivity index (χ0v) is 11.9. The highest BCUT2D eigenvalue weighted by molar-refractivity contribution is 8.00. The lowest BCUT2D eigenvalue weighted by molar-refractivity contribution is -0.113. The number of thioether (sulfide) groups is 1. The minimum Gasteiger partial charge on any atom is -0.392 e. The summed E-state index contributed by atoms with van der Waals surface area (Å²) in [5, 5.41) is 20.7. The van der Waals surface area contributed by atoms with Crippen LogP contribution in [0.3, 0.4) is 0 Å². The monoisotopic (exact) mass is 278 g/mol. The second kappa shape index (κ2) is 7.82. The normalized spacial score (nSPS) is 13.4. The Labute approximate surface area is 117 Å². The number of anilines is 1. The van der Waals surface area contributed by atoms with Crippen LogP contribution in [0.5, 0.6) is 0 Å². The third-order valence-corrected chi connectivity index (χ3v) is 4.03. The maximum Gasteiger partial charge on any atom is 0.234 e. The summed E-state index contributed by atoms with van der Waals surface area (Å²) in [5.41, 5.74) is 1.65. The summed E-state index contributed by atoms with van der Waals surface area (Å²) in [6.45, 7) is 3.60. The molecule has 5 heteroatoms. The minimum atomic E-state index is -0.428. The van der Waals surface area contributed by atoms with Crippen molar-refractivity contribution in [1.29, 1.82) is 5.26 Å². The summed E-state index contributed by atoms with van der Waals surface area (Å²) < 4.78 is 0. The van der Waals surface area contributed by atoms with Crippen molar-refractivity contribution < 1.29 is 9.90 Å². The maximum atomic E-state index is 11.7. The van der Waals surface area contributed by atoms with E-state index < -0.39 is 6.10 Å². The number of nitrogens with zero attached hydrogens (tertiary/aromatic N) is 1. The number of carbonyl (C=O) groups excluding carboxylic acids is 1. The van der Waals surface area contributed by atoms with Gasteiger partial charge in [0.2, 0.25) is 5.91 Å². The Morgan fingerprint density at radius 3 is 2.58 bits per heavy atom. The van der Waals surface area contributed by atoms with E-state index in [2.05, 4.69) is 11.4 Å². The fourth-order valence-electron chi connectivity index (χ4n) is 1.34. The quantitative estimate of drug-likeness (QED) is 0.836. The van der Waals surface area contributed by atoms with Gasteiger partial charge in [-0.15, -0.1) is 11.8 Å². The van der Waals surface area contributed by atoms with Crippen molar-refractivity contribution >= 4 is 23.4 Å². The van der Waals surface area contributed by atoms with Crippen molar-refractivity contribution in [1.82, 2.24) is 0 Å². The van der Waals surface area contributed by atoms with Gasteiger partial charge in [-0.1, -0.05) is 19.1 Å². The molecule has 0 heterocycles. The van der Waals surface area contributed by atoms with Crippen LogP contribution in [0.2, 0.25) is 0 Å². The average molecular weight is 278 g/mol. The zero-order chi connectivity index (χ0) is 14.3. The molecule has 0 aromatic heterocycles. The number of benzene rings is 1. The van der Waals surface area contributed by atoms with E-state index in [0.29, 0.717) is 12.2 Å². The number of carbonyl (C=O) groups is 1. The molecule has 0 bridgehead atoms. The molecule has 102 valence electrons. The first kappa shape index (κ1) is 15.5. The first-order valence-corrected chi connectivity index (χ1v) is 7.13. The van der Waals surface area contributed by atoms with Gasteiger partial charge in [0.15, 0.2) is 0 Å². The number of aliphatic hydroxyl groups is 1. The van der Waals surface area contributed by atoms with Crippen molar-refractivity contribution in [2.75, 3.05) is 11.1 Å². The predicted octanol–water partition coefficient (Wildman–Crippen LogP) is 2.19. The Balaban J connectivity index is 2.42. The number of nitriles is 1. The molecule has 0 spiro atoms. The van der Waals surface area contributed by atoms with Gasteiger partial charge < -0.3 is 10.4 Å². The SMILES string of the molecule is CC(O)C(C)SCC(=O)Nc1ccc(CC#N)cc1. The molecule has 2 unspecified atom stereocenters. The Kier molecular flexibility index (Phi) is 6.40. The third kappa shape index (κ3) is 5.77. The van der Waals surface area contributed by atoms with Gasteiger partial charge in [0.25, 0.3) is 0 Å². The first-order valence-electron chi connectivity index (χ1n) is 6.08. The van der Waals surface area contributed by atoms with Gasteiger partial charge in [-0.25, -0.2) is 0 Å². The lowest BCUT2D eigenvalue weighted by Gasteiger charge is -2.13. The average Bonchev–Trinajstić information content (AvgIpc) is 2.38. The van der Waals surface area contributed by atoms with Crippen LogP contribution in [0, 0.1) is 11.3 Å². The van der Waals surface area contributed by atoms with Crippen LogP contribution in [0.15, 0.2) is 24.3 Å². The summed E-state index contributed by atoms with van der Waals surface area (Å²) in [4.78, 5) is 11.7. The van der Waals surface area contributed by atoms with Gasteiger partial charge in [0, 0.05) is 10.9 Å². The maximum absolute atomic E-state index is 11.7. The van der Waals surface area contributed by atoms with Crippen LogP contribution in [0.25, 0.3) is 0 Å². The molecule has 0 fully saturated rings. The Morgan fingerprint density at radius 1 is 1.42 bits per heavy atom. The highest BCUT2D eigenvalue weighted by Crippen LogP contribution is 2.15. The number of rotatable bonds is 6. The Morgan fingerprint density at radius 2 is 2.05 bits per heavy atom. The molecule has 0 saturated heterocycles. The highest BCUT2D eigenvalue weighted by Gasteiger charge is 2.11. The molecule has 0 saturated carbocycles. The molecule has 0 aliphatic rings. The lowest BCUT2D eigenvalue weighted by atomic mass is 10.1. The van der Waals surface area contributed by atoms with Crippen LogP contribution in [-0.2, 0) is 11.2 Å². The molecular weight excluding hydrogens is 260 g/mol. The van der Waals surface area contributed by atoms with E-state index >= 15 is 0 Å². The van der Waals surface area contributed by atoms with Gasteiger partial charge in [-0.2, -0.15) is 5.26 Å². The van der Waals surface area contributed by atoms with E-state index in [1.165, 1.54) is 11.8 Å². The van der Waals surface area contributed by atoms with Gasteiger partial charge in [0.1, 0.15) is 0 Å². The first-order chi connectivity index (χ1) is 9.02. The van der Waals surface area contributed by atoms with Crippen molar-refractivity contribution in [2.24, 2.45) is 0 Å². The van der Waals surface area contributed by atoms with Crippen LogP contribution in [0.4, 0.5) is 5.69 Å². The summed E-state index contributed by atoms with van der Waals surface area (Å²) in [7, 11) is 0. The molecule has 2 atom stereocenters. The number of nitrogens with one attached hydrogen (secondary N) is 1. The summed E-state index contributed by atoms with van der Waals surface area (Å²) in [6, 6.07) is 9.29. The van der Waals surface area contributed by atoms with Crippen LogP contribution < -0.4 is 5.32 Å². The highest BCUT2D eigenvalue weighted by atomic mass is 32.2. The van der Waals surface area contributed by atoms with E-state index in [-0.39, 0.29) is 11.2 Å². The van der Waals surface area contributed by atoms with Gasteiger partial charge in [-0.05, 0) is 24.6 Å². The van der Waals surface area contributed by atoms with E-state index in [1.807, 2.05) is 19.1 Å². The standard InChI is InChI=1S/C14H18N2O2S/c1-10(17)11(2)19-9-14(18)16-13-5-3-12(4-6-13)7-8-15/h3-6,10-11,17H,7,9H2,1-2H3,(H,16,18). The number of hydrogen-bond acceptors (Lipinski definition) is 4. The lowest BCUT2D eigenvalue weighted by Crippen LogP contribution is -2.20. The molecule has 0 aliphatic carbocycles. The smallest absolute Gasteiger partial charge is 0.234 e. The summed E-state index contributed by atoms with van der Waals surface area (Å²) in [6.07, 6.45) is -0.0567. The van der Waals surface area contributed by atoms with Crippen LogP contribution in [-0.4, -0.2) is 28.1 Å². The molecule has 2 N–H and O–H groups in total. The van der Waals surface area contributed by atoms with Gasteiger partial charge in [-0.3, -0.25) is 4.79 Å². The van der Waals surface area contributed by atoms with Crippen molar-refractivity contribution in [3.63, 3.8) is 0 Å².